The summed E-state index contributed by atoms with van der Waals surface area (Å²) in [4.78, 5) is 11.2. The van der Waals surface area contributed by atoms with E-state index in [1.807, 2.05) is 18.2 Å². The molecule has 0 bridgehead atoms. The lowest BCUT2D eigenvalue weighted by atomic mass is 10.1. The topological polar surface area (TPSA) is 87.2 Å². The largest absolute Gasteiger partial charge is 0.447 e. The Balaban J connectivity index is 1.98. The van der Waals surface area contributed by atoms with Crippen LogP contribution < -0.4 is 5.32 Å². The van der Waals surface area contributed by atoms with Crippen LogP contribution in [0.4, 0.5) is 10.5 Å². The van der Waals surface area contributed by atoms with Crippen molar-refractivity contribution in [2.45, 2.75) is 0 Å². The summed E-state index contributed by atoms with van der Waals surface area (Å²) in [5.74, 6) is 0. The van der Waals surface area contributed by atoms with Crippen molar-refractivity contribution in [2.24, 2.45) is 0 Å². The Kier molecular flexibility index (Phi) is 3.93. The Bertz CT molecular complexity index is 494. The molecule has 3 N–H and O–H groups in total. The first-order valence-corrected chi connectivity index (χ1v) is 5.44. The number of benzene rings is 1. The fraction of sp³-hybridized carbons (Fsp3) is 0.167. The van der Waals surface area contributed by atoms with Crippen LogP contribution in [0.1, 0.15) is 0 Å². The summed E-state index contributed by atoms with van der Waals surface area (Å²) in [5.41, 5.74) is 2.51. The van der Waals surface area contributed by atoms with Gasteiger partial charge in [0, 0.05) is 11.9 Å². The van der Waals surface area contributed by atoms with Crippen molar-refractivity contribution in [1.29, 1.82) is 0 Å². The molecule has 6 heteroatoms. The van der Waals surface area contributed by atoms with Gasteiger partial charge in [0.05, 0.1) is 12.3 Å². The van der Waals surface area contributed by atoms with Gasteiger partial charge in [-0.2, -0.15) is 5.10 Å². The van der Waals surface area contributed by atoms with Crippen LogP contribution in [-0.2, 0) is 4.74 Å². The average Bonchev–Trinajstić information content (AvgIpc) is 2.91. The molecule has 0 spiro atoms. The predicted molar refractivity (Wildman–Crippen MR) is 66.1 cm³/mol. The van der Waals surface area contributed by atoms with E-state index >= 15 is 0 Å². The van der Waals surface area contributed by atoms with Crippen molar-refractivity contribution in [2.75, 3.05) is 18.5 Å². The maximum atomic E-state index is 11.2. The zero-order chi connectivity index (χ0) is 12.8. The number of rotatable bonds is 4. The fourth-order valence-electron chi connectivity index (χ4n) is 1.44. The number of H-pyrrole nitrogens is 1. The van der Waals surface area contributed by atoms with E-state index in [0.717, 1.165) is 11.3 Å². The minimum atomic E-state index is -0.585. The fourth-order valence-corrected chi connectivity index (χ4v) is 1.44. The summed E-state index contributed by atoms with van der Waals surface area (Å²) >= 11 is 0. The number of amides is 1. The number of aliphatic hydroxyl groups is 1. The van der Waals surface area contributed by atoms with Crippen LogP contribution in [0.3, 0.4) is 0 Å². The van der Waals surface area contributed by atoms with Crippen molar-refractivity contribution >= 4 is 11.8 Å². The predicted octanol–water partition coefficient (Wildman–Crippen LogP) is 1.62. The number of nitrogens with zero attached hydrogens (tertiary/aromatic N) is 1. The second-order valence-corrected chi connectivity index (χ2v) is 3.53. The number of hydrogen-bond acceptors (Lipinski definition) is 4. The molecule has 0 saturated carbocycles. The molecular weight excluding hydrogens is 234 g/mol. The summed E-state index contributed by atoms with van der Waals surface area (Å²) in [6.07, 6.45) is 1.09. The number of aromatic nitrogens is 2. The van der Waals surface area contributed by atoms with Gasteiger partial charge in [-0.1, -0.05) is 12.1 Å². The van der Waals surface area contributed by atoms with E-state index in [-0.39, 0.29) is 13.2 Å². The average molecular weight is 247 g/mol. The lowest BCUT2D eigenvalue weighted by Crippen LogP contribution is -2.15. The maximum absolute atomic E-state index is 11.2. The molecule has 1 aromatic heterocycles. The number of carbonyl (C=O) groups excluding carboxylic acids is 1. The van der Waals surface area contributed by atoms with Gasteiger partial charge in [0.1, 0.15) is 6.61 Å². The quantitative estimate of drug-likeness (QED) is 0.766. The second kappa shape index (κ2) is 5.83. The van der Waals surface area contributed by atoms with Crippen molar-refractivity contribution in [3.8, 4) is 11.3 Å². The van der Waals surface area contributed by atoms with Crippen LogP contribution in [0, 0.1) is 0 Å². The van der Waals surface area contributed by atoms with Crippen LogP contribution in [0.5, 0.6) is 0 Å². The Hall–Kier alpha value is -2.34. The third-order valence-electron chi connectivity index (χ3n) is 2.27. The first kappa shape index (κ1) is 12.1. The molecular formula is C12H13N3O3. The van der Waals surface area contributed by atoms with E-state index in [0.29, 0.717) is 5.69 Å². The smallest absolute Gasteiger partial charge is 0.411 e. The SMILES string of the molecule is O=C(Nc1ccc(-c2ccn[nH]2)cc1)OCCO. The van der Waals surface area contributed by atoms with Gasteiger partial charge < -0.3 is 9.84 Å². The molecule has 0 fully saturated rings. The molecule has 0 saturated heterocycles. The van der Waals surface area contributed by atoms with Crippen molar-refractivity contribution in [3.05, 3.63) is 36.5 Å². The normalized spacial score (nSPS) is 10.1. The Labute approximate surface area is 104 Å². The first-order chi connectivity index (χ1) is 8.79. The van der Waals surface area contributed by atoms with Crippen LogP contribution in [0.25, 0.3) is 11.3 Å². The monoisotopic (exact) mass is 247 g/mol. The number of nitrogens with one attached hydrogen (secondary N) is 2. The van der Waals surface area contributed by atoms with Crippen molar-refractivity contribution in [3.63, 3.8) is 0 Å². The lowest BCUT2D eigenvalue weighted by molar-refractivity contribution is 0.131. The molecule has 0 aliphatic carbocycles. The maximum Gasteiger partial charge on any atom is 0.411 e. The van der Waals surface area contributed by atoms with Gasteiger partial charge in [0.15, 0.2) is 0 Å². The molecule has 6 nitrogen and oxygen atoms in total. The van der Waals surface area contributed by atoms with Gasteiger partial charge in [0.25, 0.3) is 0 Å². The van der Waals surface area contributed by atoms with Crippen LogP contribution >= 0.6 is 0 Å². The van der Waals surface area contributed by atoms with Gasteiger partial charge >= 0.3 is 6.09 Å². The second-order valence-electron chi connectivity index (χ2n) is 3.53. The highest BCUT2D eigenvalue weighted by Gasteiger charge is 2.03. The van der Waals surface area contributed by atoms with Gasteiger partial charge in [-0.3, -0.25) is 10.4 Å². The summed E-state index contributed by atoms with van der Waals surface area (Å²) < 4.78 is 4.68. The van der Waals surface area contributed by atoms with E-state index in [9.17, 15) is 4.79 Å². The molecule has 0 atom stereocenters. The minimum Gasteiger partial charge on any atom is -0.447 e. The van der Waals surface area contributed by atoms with Crippen molar-refractivity contribution in [1.82, 2.24) is 10.2 Å². The lowest BCUT2D eigenvalue weighted by Gasteiger charge is -2.06. The highest BCUT2D eigenvalue weighted by Crippen LogP contribution is 2.18. The third-order valence-corrected chi connectivity index (χ3v) is 2.27. The van der Waals surface area contributed by atoms with Crippen LogP contribution in [0.2, 0.25) is 0 Å². The van der Waals surface area contributed by atoms with E-state index in [4.69, 9.17) is 5.11 Å². The minimum absolute atomic E-state index is 0.0158. The van der Waals surface area contributed by atoms with Gasteiger partial charge in [-0.05, 0) is 23.8 Å². The molecule has 2 rings (SSSR count). The molecule has 0 aliphatic rings. The molecule has 1 aromatic carbocycles. The molecule has 1 heterocycles. The Morgan fingerprint density at radius 1 is 1.33 bits per heavy atom. The molecule has 94 valence electrons. The van der Waals surface area contributed by atoms with E-state index < -0.39 is 6.09 Å². The summed E-state index contributed by atoms with van der Waals surface area (Å²) in [7, 11) is 0. The van der Waals surface area contributed by atoms with Crippen molar-refractivity contribution < 1.29 is 14.6 Å². The zero-order valence-electron chi connectivity index (χ0n) is 9.59. The Morgan fingerprint density at radius 2 is 2.11 bits per heavy atom. The molecule has 18 heavy (non-hydrogen) atoms. The van der Waals surface area contributed by atoms with Gasteiger partial charge in [-0.25, -0.2) is 4.79 Å². The number of aliphatic hydroxyl groups excluding tert-OH is 1. The summed E-state index contributed by atoms with van der Waals surface area (Å²) in [6, 6.07) is 9.09. The van der Waals surface area contributed by atoms with E-state index in [1.54, 1.807) is 18.3 Å². The number of ether oxygens (including phenoxy) is 1. The van der Waals surface area contributed by atoms with E-state index in [2.05, 4.69) is 20.3 Å². The molecule has 1 amide bonds. The number of anilines is 1. The molecule has 0 unspecified atom stereocenters. The molecule has 0 aliphatic heterocycles. The molecule has 0 radical (unpaired) electrons. The Morgan fingerprint density at radius 3 is 2.72 bits per heavy atom. The number of carbonyl (C=O) groups is 1. The number of hydrogen-bond donors (Lipinski definition) is 3. The number of aromatic amines is 1. The summed E-state index contributed by atoms with van der Waals surface area (Å²) in [6.45, 7) is -0.204. The highest BCUT2D eigenvalue weighted by atomic mass is 16.6. The standard InChI is InChI=1S/C12H13N3O3/c16-7-8-18-12(17)14-10-3-1-9(2-4-10)11-5-6-13-15-11/h1-6,16H,7-8H2,(H,13,15)(H,14,17). The zero-order valence-corrected chi connectivity index (χ0v) is 9.59. The first-order valence-electron chi connectivity index (χ1n) is 5.44. The molecule has 2 aromatic rings. The third kappa shape index (κ3) is 3.08. The van der Waals surface area contributed by atoms with Gasteiger partial charge in [-0.15, -0.1) is 0 Å². The van der Waals surface area contributed by atoms with E-state index in [1.165, 1.54) is 0 Å². The summed E-state index contributed by atoms with van der Waals surface area (Å²) in [5, 5.41) is 17.8. The van der Waals surface area contributed by atoms with Crippen LogP contribution in [0.15, 0.2) is 36.5 Å². The highest BCUT2D eigenvalue weighted by molar-refractivity contribution is 5.85. The van der Waals surface area contributed by atoms with Gasteiger partial charge in [0.2, 0.25) is 0 Å². The van der Waals surface area contributed by atoms with Crippen LogP contribution in [-0.4, -0.2) is 34.6 Å².